The molecule has 4 rings (SSSR count). The molecule has 8 nitrogen and oxygen atoms in total. The number of nitrogens with zero attached hydrogens (tertiary/aromatic N) is 5. The van der Waals surface area contributed by atoms with Gasteiger partial charge in [-0.2, -0.15) is 0 Å². The van der Waals surface area contributed by atoms with Crippen LogP contribution in [0, 0.1) is 6.92 Å². The lowest BCUT2D eigenvalue weighted by Gasteiger charge is -2.34. The van der Waals surface area contributed by atoms with E-state index in [1.54, 1.807) is 28.1 Å². The van der Waals surface area contributed by atoms with Crippen LogP contribution in [0.4, 0.5) is 5.95 Å². The smallest absolute Gasteiger partial charge is 0.289 e. The fourth-order valence-electron chi connectivity index (χ4n) is 3.57. The zero-order chi connectivity index (χ0) is 18.8. The number of carbonyl (C=O) groups excluding carboxylic acids is 2. The van der Waals surface area contributed by atoms with E-state index in [9.17, 15) is 9.59 Å². The Morgan fingerprint density at radius 1 is 1.00 bits per heavy atom. The van der Waals surface area contributed by atoms with Gasteiger partial charge >= 0.3 is 0 Å². The molecule has 4 heterocycles. The van der Waals surface area contributed by atoms with Gasteiger partial charge in [0.25, 0.3) is 11.8 Å². The molecule has 27 heavy (non-hydrogen) atoms. The standard InChI is InChI=1S/C19H23N5O3/c1-14-15(13-20-19(21-14)24-6-2-3-7-24)17(25)22-8-10-23(11-9-22)18(26)16-5-4-12-27-16/h4-5,12-13H,2-3,6-11H2,1H3. The summed E-state index contributed by atoms with van der Waals surface area (Å²) < 4.78 is 5.17. The summed E-state index contributed by atoms with van der Waals surface area (Å²) in [5, 5.41) is 0. The molecule has 2 amide bonds. The number of aromatic nitrogens is 2. The van der Waals surface area contributed by atoms with Crippen molar-refractivity contribution in [3.05, 3.63) is 41.6 Å². The van der Waals surface area contributed by atoms with E-state index in [1.807, 2.05) is 6.92 Å². The summed E-state index contributed by atoms with van der Waals surface area (Å²) >= 11 is 0. The highest BCUT2D eigenvalue weighted by molar-refractivity contribution is 5.95. The van der Waals surface area contributed by atoms with Crippen molar-refractivity contribution in [3.8, 4) is 0 Å². The second-order valence-electron chi connectivity index (χ2n) is 6.92. The average Bonchev–Trinajstić information content (AvgIpc) is 3.41. The molecule has 8 heteroatoms. The summed E-state index contributed by atoms with van der Waals surface area (Å²) in [4.78, 5) is 39.8. The molecule has 2 aliphatic heterocycles. The van der Waals surface area contributed by atoms with Gasteiger partial charge in [0.1, 0.15) is 0 Å². The Labute approximate surface area is 157 Å². The van der Waals surface area contributed by atoms with E-state index < -0.39 is 0 Å². The topological polar surface area (TPSA) is 82.8 Å². The first-order valence-electron chi connectivity index (χ1n) is 9.34. The maximum absolute atomic E-state index is 12.9. The summed E-state index contributed by atoms with van der Waals surface area (Å²) in [7, 11) is 0. The van der Waals surface area contributed by atoms with Crippen LogP contribution in [0.15, 0.2) is 29.0 Å². The number of anilines is 1. The predicted molar refractivity (Wildman–Crippen MR) is 98.7 cm³/mol. The zero-order valence-electron chi connectivity index (χ0n) is 15.4. The SMILES string of the molecule is Cc1nc(N2CCCC2)ncc1C(=O)N1CCN(C(=O)c2ccco2)CC1. The monoisotopic (exact) mass is 369 g/mol. The first-order valence-corrected chi connectivity index (χ1v) is 9.34. The van der Waals surface area contributed by atoms with Crippen LogP contribution in [0.3, 0.4) is 0 Å². The van der Waals surface area contributed by atoms with Crippen molar-refractivity contribution in [1.82, 2.24) is 19.8 Å². The number of aryl methyl sites for hydroxylation is 1. The number of hydrogen-bond acceptors (Lipinski definition) is 6. The number of carbonyl (C=O) groups is 2. The van der Waals surface area contributed by atoms with Crippen molar-refractivity contribution in [2.45, 2.75) is 19.8 Å². The first-order chi connectivity index (χ1) is 13.1. The van der Waals surface area contributed by atoms with Crippen molar-refractivity contribution in [2.75, 3.05) is 44.2 Å². The van der Waals surface area contributed by atoms with E-state index in [0.717, 1.165) is 25.9 Å². The lowest BCUT2D eigenvalue weighted by molar-refractivity contribution is 0.0517. The van der Waals surface area contributed by atoms with Gasteiger partial charge in [0.15, 0.2) is 5.76 Å². The van der Waals surface area contributed by atoms with Gasteiger partial charge in [-0.05, 0) is 31.9 Å². The maximum atomic E-state index is 12.9. The van der Waals surface area contributed by atoms with Crippen molar-refractivity contribution < 1.29 is 14.0 Å². The lowest BCUT2D eigenvalue weighted by atomic mass is 10.2. The van der Waals surface area contributed by atoms with Gasteiger partial charge in [0.2, 0.25) is 5.95 Å². The molecule has 0 bridgehead atoms. The Morgan fingerprint density at radius 3 is 2.26 bits per heavy atom. The Bertz CT molecular complexity index is 822. The molecule has 2 aromatic rings. The minimum atomic E-state index is -0.137. The number of furan rings is 1. The molecule has 0 spiro atoms. The number of amides is 2. The van der Waals surface area contributed by atoms with Crippen molar-refractivity contribution >= 4 is 17.8 Å². The Kier molecular flexibility index (Phi) is 4.79. The molecule has 0 radical (unpaired) electrons. The fourth-order valence-corrected chi connectivity index (χ4v) is 3.57. The third-order valence-corrected chi connectivity index (χ3v) is 5.17. The van der Waals surface area contributed by atoms with E-state index in [1.165, 1.54) is 6.26 Å². The van der Waals surface area contributed by atoms with Gasteiger partial charge in [0, 0.05) is 45.5 Å². The molecule has 0 aromatic carbocycles. The van der Waals surface area contributed by atoms with E-state index in [2.05, 4.69) is 14.9 Å². The minimum Gasteiger partial charge on any atom is -0.459 e. The van der Waals surface area contributed by atoms with Gasteiger partial charge in [-0.25, -0.2) is 9.97 Å². The Morgan fingerprint density at radius 2 is 1.67 bits per heavy atom. The molecule has 0 atom stereocenters. The largest absolute Gasteiger partial charge is 0.459 e. The Hall–Kier alpha value is -2.90. The molecule has 142 valence electrons. The highest BCUT2D eigenvalue weighted by atomic mass is 16.3. The summed E-state index contributed by atoms with van der Waals surface area (Å²) in [6.45, 7) is 5.73. The number of rotatable bonds is 3. The predicted octanol–water partition coefficient (Wildman–Crippen LogP) is 1.58. The van der Waals surface area contributed by atoms with Crippen LogP contribution in [-0.4, -0.2) is 70.9 Å². The van der Waals surface area contributed by atoms with Crippen LogP contribution in [0.25, 0.3) is 0 Å². The van der Waals surface area contributed by atoms with Gasteiger partial charge in [0.05, 0.1) is 17.5 Å². The van der Waals surface area contributed by atoms with Crippen LogP contribution in [0.5, 0.6) is 0 Å². The van der Waals surface area contributed by atoms with E-state index in [-0.39, 0.29) is 11.8 Å². The van der Waals surface area contributed by atoms with Gasteiger partial charge < -0.3 is 19.1 Å². The maximum Gasteiger partial charge on any atom is 0.289 e. The molecule has 2 aliphatic rings. The van der Waals surface area contributed by atoms with Crippen LogP contribution in [0.1, 0.15) is 39.4 Å². The van der Waals surface area contributed by atoms with Gasteiger partial charge in [-0.3, -0.25) is 9.59 Å². The van der Waals surface area contributed by atoms with Gasteiger partial charge in [-0.15, -0.1) is 0 Å². The normalized spacial score (nSPS) is 17.4. The lowest BCUT2D eigenvalue weighted by Crippen LogP contribution is -2.50. The Balaban J connectivity index is 1.40. The second kappa shape index (κ2) is 7.38. The molecule has 0 aliphatic carbocycles. The highest BCUT2D eigenvalue weighted by Gasteiger charge is 2.28. The van der Waals surface area contributed by atoms with Crippen LogP contribution in [-0.2, 0) is 0 Å². The molecule has 0 N–H and O–H groups in total. The summed E-state index contributed by atoms with van der Waals surface area (Å²) in [6, 6.07) is 3.35. The third kappa shape index (κ3) is 3.51. The summed E-state index contributed by atoms with van der Waals surface area (Å²) in [6.07, 6.45) is 5.44. The number of hydrogen-bond donors (Lipinski definition) is 0. The van der Waals surface area contributed by atoms with Crippen LogP contribution < -0.4 is 4.90 Å². The molecule has 2 fully saturated rings. The van der Waals surface area contributed by atoms with E-state index in [4.69, 9.17) is 4.42 Å². The second-order valence-corrected chi connectivity index (χ2v) is 6.92. The van der Waals surface area contributed by atoms with Crippen molar-refractivity contribution in [3.63, 3.8) is 0 Å². The quantitative estimate of drug-likeness (QED) is 0.817. The highest BCUT2D eigenvalue weighted by Crippen LogP contribution is 2.18. The fraction of sp³-hybridized carbons (Fsp3) is 0.474. The first kappa shape index (κ1) is 17.5. The molecule has 2 aromatic heterocycles. The number of piperazine rings is 1. The van der Waals surface area contributed by atoms with E-state index >= 15 is 0 Å². The zero-order valence-corrected chi connectivity index (χ0v) is 15.4. The van der Waals surface area contributed by atoms with Crippen molar-refractivity contribution in [1.29, 1.82) is 0 Å². The molecule has 2 saturated heterocycles. The average molecular weight is 369 g/mol. The van der Waals surface area contributed by atoms with Crippen molar-refractivity contribution in [2.24, 2.45) is 0 Å². The third-order valence-electron chi connectivity index (χ3n) is 5.17. The minimum absolute atomic E-state index is 0.0782. The van der Waals surface area contributed by atoms with E-state index in [0.29, 0.717) is 49.1 Å². The van der Waals surface area contributed by atoms with Crippen LogP contribution in [0.2, 0.25) is 0 Å². The molecular weight excluding hydrogens is 346 g/mol. The molecular formula is C19H23N5O3. The van der Waals surface area contributed by atoms with Crippen LogP contribution >= 0.6 is 0 Å². The molecule has 0 unspecified atom stereocenters. The molecule has 0 saturated carbocycles. The summed E-state index contributed by atoms with van der Waals surface area (Å²) in [5.41, 5.74) is 1.23. The van der Waals surface area contributed by atoms with Gasteiger partial charge in [-0.1, -0.05) is 0 Å². The summed E-state index contributed by atoms with van der Waals surface area (Å²) in [5.74, 6) is 0.819.